The highest BCUT2D eigenvalue weighted by molar-refractivity contribution is 14.1. The molecule has 0 N–H and O–H groups in total. The van der Waals surface area contributed by atoms with E-state index >= 15 is 0 Å². The van der Waals surface area contributed by atoms with E-state index in [1.54, 1.807) is 29.5 Å². The zero-order chi connectivity index (χ0) is 13.7. The van der Waals surface area contributed by atoms with Crippen molar-refractivity contribution < 1.29 is 23.0 Å². The normalized spacial score (nSPS) is 10.6. The fourth-order valence-electron chi connectivity index (χ4n) is 1.39. The molecule has 1 rings (SSSR count). The van der Waals surface area contributed by atoms with Gasteiger partial charge in [0.2, 0.25) is 0 Å². The molecule has 0 aliphatic carbocycles. The van der Waals surface area contributed by atoms with Crippen molar-refractivity contribution in [1.82, 2.24) is 4.98 Å². The second kappa shape index (κ2) is 6.81. The summed E-state index contributed by atoms with van der Waals surface area (Å²) in [7, 11) is 1.30. The van der Waals surface area contributed by atoms with Gasteiger partial charge in [-0.2, -0.15) is 0 Å². The van der Waals surface area contributed by atoms with E-state index in [2.05, 4.69) is 4.98 Å². The number of aromatic nitrogens is 1. The number of ether oxygens (including phenoxy) is 2. The Morgan fingerprint density at radius 3 is 2.72 bits per heavy atom. The number of pyridine rings is 1. The molecule has 0 saturated carbocycles. The molecule has 0 bridgehead atoms. The van der Waals surface area contributed by atoms with Crippen LogP contribution in [0.3, 0.4) is 0 Å². The van der Waals surface area contributed by atoms with Gasteiger partial charge in [0.25, 0.3) is 6.43 Å². The smallest absolute Gasteiger partial charge is 0.311 e. The van der Waals surface area contributed by atoms with Gasteiger partial charge in [0.15, 0.2) is 5.75 Å². The molecule has 0 aromatic carbocycles. The Kier molecular flexibility index (Phi) is 5.70. The average molecular weight is 371 g/mol. The van der Waals surface area contributed by atoms with E-state index in [4.69, 9.17) is 9.47 Å². The van der Waals surface area contributed by atoms with Crippen molar-refractivity contribution in [2.75, 3.05) is 13.7 Å². The second-order valence-electron chi connectivity index (χ2n) is 3.31. The Hall–Kier alpha value is -0.990. The molecule has 18 heavy (non-hydrogen) atoms. The van der Waals surface area contributed by atoms with Gasteiger partial charge in [0, 0.05) is 0 Å². The van der Waals surface area contributed by atoms with Crippen molar-refractivity contribution in [2.24, 2.45) is 0 Å². The fourth-order valence-corrected chi connectivity index (χ4v) is 2.23. The molecule has 1 heterocycles. The van der Waals surface area contributed by atoms with Gasteiger partial charge in [-0.3, -0.25) is 4.79 Å². The number of rotatable bonds is 5. The predicted octanol–water partition coefficient (Wildman–Crippen LogP) is 2.74. The molecule has 0 spiro atoms. The Bertz CT molecular complexity index is 441. The molecule has 0 aliphatic heterocycles. The second-order valence-corrected chi connectivity index (χ2v) is 4.33. The number of carbonyl (C=O) groups excluding carboxylic acids is 1. The summed E-state index contributed by atoms with van der Waals surface area (Å²) in [5.41, 5.74) is -0.0230. The van der Waals surface area contributed by atoms with Crippen LogP contribution in [-0.4, -0.2) is 24.7 Å². The summed E-state index contributed by atoms with van der Waals surface area (Å²) in [5, 5.41) is 0. The van der Waals surface area contributed by atoms with Crippen LogP contribution in [0.2, 0.25) is 0 Å². The van der Waals surface area contributed by atoms with Crippen molar-refractivity contribution in [2.45, 2.75) is 19.8 Å². The summed E-state index contributed by atoms with van der Waals surface area (Å²) in [4.78, 5) is 15.3. The number of hydrogen-bond acceptors (Lipinski definition) is 4. The predicted molar refractivity (Wildman–Crippen MR) is 68.8 cm³/mol. The maximum absolute atomic E-state index is 12.8. The molecule has 0 amide bonds. The molecular weight excluding hydrogens is 359 g/mol. The maximum Gasteiger partial charge on any atom is 0.311 e. The minimum Gasteiger partial charge on any atom is -0.493 e. The van der Waals surface area contributed by atoms with Crippen molar-refractivity contribution in [3.8, 4) is 5.75 Å². The minimum absolute atomic E-state index is 0.0400. The molecule has 1 aromatic heterocycles. The summed E-state index contributed by atoms with van der Waals surface area (Å²) in [6.07, 6.45) is -2.81. The standard InChI is InChI=1S/C11H12F2INO3/c1-3-18-8(16)5-6-4-7(10(12)13)9(17-2)11(14)15-6/h4,10H,3,5H2,1-2H3. The highest BCUT2D eigenvalue weighted by Gasteiger charge is 2.20. The number of methoxy groups -OCH3 is 1. The monoisotopic (exact) mass is 371 g/mol. The van der Waals surface area contributed by atoms with Gasteiger partial charge >= 0.3 is 5.97 Å². The summed E-state index contributed by atoms with van der Waals surface area (Å²) >= 11 is 1.79. The SMILES string of the molecule is CCOC(=O)Cc1cc(C(F)F)c(OC)c(I)n1. The van der Waals surface area contributed by atoms with E-state index in [0.29, 0.717) is 3.70 Å². The van der Waals surface area contributed by atoms with Gasteiger partial charge in [-0.1, -0.05) is 0 Å². The van der Waals surface area contributed by atoms with Crippen molar-refractivity contribution >= 4 is 28.6 Å². The van der Waals surface area contributed by atoms with E-state index in [-0.39, 0.29) is 30.0 Å². The van der Waals surface area contributed by atoms with Crippen LogP contribution >= 0.6 is 22.6 Å². The zero-order valence-corrected chi connectivity index (χ0v) is 12.0. The molecule has 1 aromatic rings. The largest absolute Gasteiger partial charge is 0.493 e. The third-order valence-electron chi connectivity index (χ3n) is 2.08. The molecule has 0 radical (unpaired) electrons. The maximum atomic E-state index is 12.8. The molecule has 0 atom stereocenters. The van der Waals surface area contributed by atoms with E-state index in [0.717, 1.165) is 0 Å². The lowest BCUT2D eigenvalue weighted by molar-refractivity contribution is -0.142. The summed E-state index contributed by atoms with van der Waals surface area (Å²) in [5.74, 6) is -0.454. The summed E-state index contributed by atoms with van der Waals surface area (Å²) in [6, 6.07) is 1.17. The first kappa shape index (κ1) is 15.1. The molecule has 0 saturated heterocycles. The van der Waals surface area contributed by atoms with Gasteiger partial charge in [-0.05, 0) is 35.6 Å². The van der Waals surface area contributed by atoms with Crippen molar-refractivity contribution in [3.63, 3.8) is 0 Å². The Labute approximate surface area is 117 Å². The summed E-state index contributed by atoms with van der Waals surface area (Å²) in [6.45, 7) is 1.92. The van der Waals surface area contributed by atoms with Crippen molar-refractivity contribution in [1.29, 1.82) is 0 Å². The zero-order valence-electron chi connectivity index (χ0n) is 9.87. The average Bonchev–Trinajstić information content (AvgIpc) is 2.28. The number of esters is 1. The number of halogens is 3. The van der Waals surface area contributed by atoms with Gasteiger partial charge < -0.3 is 9.47 Å². The van der Waals surface area contributed by atoms with Gasteiger partial charge in [-0.25, -0.2) is 13.8 Å². The highest BCUT2D eigenvalue weighted by Crippen LogP contribution is 2.32. The topological polar surface area (TPSA) is 48.4 Å². The van der Waals surface area contributed by atoms with E-state index in [1.165, 1.54) is 13.2 Å². The Morgan fingerprint density at radius 2 is 2.22 bits per heavy atom. The van der Waals surface area contributed by atoms with Crippen LogP contribution in [0.25, 0.3) is 0 Å². The highest BCUT2D eigenvalue weighted by atomic mass is 127. The lowest BCUT2D eigenvalue weighted by Gasteiger charge is -2.11. The van der Waals surface area contributed by atoms with E-state index < -0.39 is 12.4 Å². The van der Waals surface area contributed by atoms with Crippen LogP contribution in [0, 0.1) is 3.70 Å². The van der Waals surface area contributed by atoms with Crippen LogP contribution in [-0.2, 0) is 16.0 Å². The van der Waals surface area contributed by atoms with Crippen LogP contribution in [0.4, 0.5) is 8.78 Å². The van der Waals surface area contributed by atoms with Crippen LogP contribution < -0.4 is 4.74 Å². The lowest BCUT2D eigenvalue weighted by atomic mass is 10.2. The third-order valence-corrected chi connectivity index (χ3v) is 2.81. The van der Waals surface area contributed by atoms with Gasteiger partial charge in [0.1, 0.15) is 3.70 Å². The number of nitrogens with zero attached hydrogens (tertiary/aromatic N) is 1. The molecule has 100 valence electrons. The van der Waals surface area contributed by atoms with Crippen LogP contribution in [0.15, 0.2) is 6.07 Å². The third kappa shape index (κ3) is 3.76. The molecule has 7 heteroatoms. The first-order chi connectivity index (χ1) is 8.49. The van der Waals surface area contributed by atoms with Gasteiger partial charge in [0.05, 0.1) is 31.4 Å². The van der Waals surface area contributed by atoms with Gasteiger partial charge in [-0.15, -0.1) is 0 Å². The Morgan fingerprint density at radius 1 is 1.56 bits per heavy atom. The first-order valence-electron chi connectivity index (χ1n) is 5.16. The van der Waals surface area contributed by atoms with E-state index in [1.807, 2.05) is 0 Å². The quantitative estimate of drug-likeness (QED) is 0.454. The molecular formula is C11H12F2INO3. The minimum atomic E-state index is -2.68. The summed E-state index contributed by atoms with van der Waals surface area (Å²) < 4.78 is 35.6. The first-order valence-corrected chi connectivity index (χ1v) is 6.24. The molecule has 4 nitrogen and oxygen atoms in total. The molecule has 0 fully saturated rings. The van der Waals surface area contributed by atoms with Crippen LogP contribution in [0.1, 0.15) is 24.6 Å². The number of carbonyl (C=O) groups is 1. The fraction of sp³-hybridized carbons (Fsp3) is 0.455. The van der Waals surface area contributed by atoms with E-state index in [9.17, 15) is 13.6 Å². The van der Waals surface area contributed by atoms with Crippen LogP contribution in [0.5, 0.6) is 5.75 Å². The lowest BCUT2D eigenvalue weighted by Crippen LogP contribution is -2.10. The molecule has 0 aliphatic rings. The number of hydrogen-bond donors (Lipinski definition) is 0. The Balaban J connectivity index is 3.05. The van der Waals surface area contributed by atoms with Crippen molar-refractivity contribution in [3.05, 3.63) is 21.0 Å². The number of alkyl halides is 2. The molecule has 0 unspecified atom stereocenters.